The molecule has 114 valence electrons. The van der Waals surface area contributed by atoms with Gasteiger partial charge in [-0.2, -0.15) is 0 Å². The van der Waals surface area contributed by atoms with E-state index < -0.39 is 0 Å². The highest BCUT2D eigenvalue weighted by atomic mass is 16.3. The first kappa shape index (κ1) is 12.9. The van der Waals surface area contributed by atoms with Crippen LogP contribution in [-0.4, -0.2) is 34.2 Å². The number of para-hydroxylation sites is 1. The third-order valence-corrected chi connectivity index (χ3v) is 6.33. The lowest BCUT2D eigenvalue weighted by Gasteiger charge is -2.58. The predicted octanol–water partition coefficient (Wildman–Crippen LogP) is 3.02. The van der Waals surface area contributed by atoms with Gasteiger partial charge in [-0.1, -0.05) is 29.8 Å². The SMILES string of the molecule is C/C=C1/CN2[C@@H]3CC1[C@@H](CO)[C@H]2Cc1c3[nH]c2ccccc12. The Morgan fingerprint density at radius 1 is 1.36 bits per heavy atom. The van der Waals surface area contributed by atoms with Crippen molar-refractivity contribution in [2.24, 2.45) is 11.8 Å². The number of nitrogens with one attached hydrogen (secondary N) is 1. The summed E-state index contributed by atoms with van der Waals surface area (Å²) in [4.78, 5) is 6.35. The van der Waals surface area contributed by atoms with Gasteiger partial charge in [0.15, 0.2) is 0 Å². The molecule has 1 aromatic carbocycles. The maximum absolute atomic E-state index is 9.99. The number of allylic oxidation sites excluding steroid dienone is 1. The van der Waals surface area contributed by atoms with Gasteiger partial charge < -0.3 is 10.1 Å². The minimum absolute atomic E-state index is 0.313. The van der Waals surface area contributed by atoms with Gasteiger partial charge in [0, 0.05) is 41.7 Å². The summed E-state index contributed by atoms with van der Waals surface area (Å²) in [6.45, 7) is 3.55. The van der Waals surface area contributed by atoms with E-state index >= 15 is 0 Å². The molecule has 5 atom stereocenters. The fourth-order valence-corrected chi connectivity index (χ4v) is 5.32. The van der Waals surface area contributed by atoms with Crippen molar-refractivity contribution in [1.29, 1.82) is 0 Å². The van der Waals surface area contributed by atoms with E-state index in [1.165, 1.54) is 27.7 Å². The van der Waals surface area contributed by atoms with E-state index in [9.17, 15) is 5.11 Å². The zero-order valence-corrected chi connectivity index (χ0v) is 12.9. The topological polar surface area (TPSA) is 39.3 Å². The van der Waals surface area contributed by atoms with Crippen molar-refractivity contribution in [2.75, 3.05) is 13.2 Å². The van der Waals surface area contributed by atoms with Crippen molar-refractivity contribution in [3.05, 3.63) is 47.2 Å². The van der Waals surface area contributed by atoms with Crippen LogP contribution in [0.4, 0.5) is 0 Å². The summed E-state index contributed by atoms with van der Waals surface area (Å²) in [5, 5.41) is 11.4. The van der Waals surface area contributed by atoms with E-state index in [1.54, 1.807) is 0 Å². The molecule has 3 saturated heterocycles. The molecule has 4 aliphatic heterocycles. The van der Waals surface area contributed by atoms with Crippen LogP contribution in [0.25, 0.3) is 10.9 Å². The molecule has 4 aliphatic rings. The van der Waals surface area contributed by atoms with E-state index in [0.29, 0.717) is 30.5 Å². The van der Waals surface area contributed by atoms with E-state index in [0.717, 1.165) is 19.4 Å². The molecular weight excluding hydrogens is 272 g/mol. The largest absolute Gasteiger partial charge is 0.396 e. The first-order valence-corrected chi connectivity index (χ1v) is 8.43. The van der Waals surface area contributed by atoms with Crippen LogP contribution in [0.2, 0.25) is 0 Å². The molecular formula is C19H22N2O. The zero-order chi connectivity index (χ0) is 14.8. The lowest BCUT2D eigenvalue weighted by Crippen LogP contribution is -2.60. The molecule has 0 amide bonds. The second-order valence-corrected chi connectivity index (χ2v) is 7.07. The van der Waals surface area contributed by atoms with E-state index in [1.807, 2.05) is 0 Å². The summed E-state index contributed by atoms with van der Waals surface area (Å²) < 4.78 is 0. The molecule has 4 bridgehead atoms. The van der Waals surface area contributed by atoms with Crippen LogP contribution >= 0.6 is 0 Å². The van der Waals surface area contributed by atoms with Crippen molar-refractivity contribution in [2.45, 2.75) is 31.8 Å². The highest BCUT2D eigenvalue weighted by Gasteiger charge is 2.52. The van der Waals surface area contributed by atoms with Crippen LogP contribution in [-0.2, 0) is 6.42 Å². The molecule has 22 heavy (non-hydrogen) atoms. The Morgan fingerprint density at radius 2 is 2.23 bits per heavy atom. The molecule has 2 aromatic rings. The minimum atomic E-state index is 0.313. The highest BCUT2D eigenvalue weighted by molar-refractivity contribution is 5.85. The quantitative estimate of drug-likeness (QED) is 0.794. The molecule has 3 nitrogen and oxygen atoms in total. The Bertz CT molecular complexity index is 775. The van der Waals surface area contributed by atoms with Gasteiger partial charge in [-0.15, -0.1) is 0 Å². The first-order valence-electron chi connectivity index (χ1n) is 8.43. The van der Waals surface area contributed by atoms with Crippen LogP contribution in [0, 0.1) is 11.8 Å². The number of aromatic amines is 1. The number of piperidine rings is 3. The number of aliphatic hydroxyl groups excluding tert-OH is 1. The van der Waals surface area contributed by atoms with Gasteiger partial charge in [0.2, 0.25) is 0 Å². The van der Waals surface area contributed by atoms with Gasteiger partial charge in [0.05, 0.1) is 6.04 Å². The summed E-state index contributed by atoms with van der Waals surface area (Å²) in [7, 11) is 0. The smallest absolute Gasteiger partial charge is 0.0514 e. The number of nitrogens with zero attached hydrogens (tertiary/aromatic N) is 1. The van der Waals surface area contributed by atoms with Gasteiger partial charge in [-0.25, -0.2) is 0 Å². The van der Waals surface area contributed by atoms with Crippen molar-refractivity contribution in [3.8, 4) is 0 Å². The second-order valence-electron chi connectivity index (χ2n) is 7.07. The predicted molar refractivity (Wildman–Crippen MR) is 87.7 cm³/mol. The second kappa shape index (κ2) is 4.46. The molecule has 0 aliphatic carbocycles. The lowest BCUT2D eigenvalue weighted by molar-refractivity contribution is -0.0503. The average Bonchev–Trinajstić information content (AvgIpc) is 2.93. The van der Waals surface area contributed by atoms with E-state index in [-0.39, 0.29) is 0 Å². The van der Waals surface area contributed by atoms with Crippen LogP contribution in [0.3, 0.4) is 0 Å². The number of aromatic nitrogens is 1. The molecule has 0 radical (unpaired) electrons. The van der Waals surface area contributed by atoms with Crippen molar-refractivity contribution >= 4 is 10.9 Å². The first-order chi connectivity index (χ1) is 10.8. The van der Waals surface area contributed by atoms with Crippen LogP contribution in [0.15, 0.2) is 35.9 Å². The van der Waals surface area contributed by atoms with E-state index in [2.05, 4.69) is 47.1 Å². The van der Waals surface area contributed by atoms with Gasteiger partial charge in [-0.05, 0) is 37.3 Å². The Morgan fingerprint density at radius 3 is 3.05 bits per heavy atom. The number of fused-ring (bicyclic) bond motifs is 4. The number of benzene rings is 1. The average molecular weight is 294 g/mol. The van der Waals surface area contributed by atoms with Gasteiger partial charge in [0.1, 0.15) is 0 Å². The van der Waals surface area contributed by atoms with Crippen LogP contribution in [0.1, 0.15) is 30.6 Å². The summed E-state index contributed by atoms with van der Waals surface area (Å²) in [6, 6.07) is 9.68. The molecule has 0 spiro atoms. The fraction of sp³-hybridized carbons (Fsp3) is 0.474. The lowest BCUT2D eigenvalue weighted by atomic mass is 9.64. The Kier molecular flexibility index (Phi) is 2.62. The maximum Gasteiger partial charge on any atom is 0.0514 e. The number of aliphatic hydroxyl groups is 1. The third-order valence-electron chi connectivity index (χ3n) is 6.33. The number of hydrogen-bond donors (Lipinski definition) is 2. The maximum atomic E-state index is 9.99. The Balaban J connectivity index is 1.69. The summed E-state index contributed by atoms with van der Waals surface area (Å²) in [5.74, 6) is 0.965. The molecule has 5 heterocycles. The van der Waals surface area contributed by atoms with Crippen LogP contribution < -0.4 is 0 Å². The van der Waals surface area contributed by atoms with Gasteiger partial charge >= 0.3 is 0 Å². The summed E-state index contributed by atoms with van der Waals surface area (Å²) in [6.07, 6.45) is 4.51. The molecule has 2 N–H and O–H groups in total. The van der Waals surface area contributed by atoms with Crippen molar-refractivity contribution < 1.29 is 5.11 Å². The Hall–Kier alpha value is -1.58. The number of hydrogen-bond acceptors (Lipinski definition) is 2. The molecule has 0 saturated carbocycles. The number of H-pyrrole nitrogens is 1. The molecule has 1 aromatic heterocycles. The zero-order valence-electron chi connectivity index (χ0n) is 12.9. The Labute approximate surface area is 130 Å². The standard InChI is InChI=1S/C19H22N2O/c1-2-11-9-21-17-8-14-12-5-3-4-6-16(12)20-19(14)18(21)7-13(11)15(17)10-22/h2-6,13,15,17-18,20,22H,7-10H2,1H3/b11-2-/t13?,15-,17-,18-/m1/s1. The fourth-order valence-electron chi connectivity index (χ4n) is 5.32. The van der Waals surface area contributed by atoms with Crippen molar-refractivity contribution in [1.82, 2.24) is 9.88 Å². The summed E-state index contributed by atoms with van der Waals surface area (Å²) in [5.41, 5.74) is 5.74. The number of rotatable bonds is 1. The molecule has 3 fully saturated rings. The third kappa shape index (κ3) is 1.48. The van der Waals surface area contributed by atoms with E-state index in [4.69, 9.17) is 0 Å². The molecule has 2 unspecified atom stereocenters. The van der Waals surface area contributed by atoms with Crippen molar-refractivity contribution in [3.63, 3.8) is 0 Å². The van der Waals surface area contributed by atoms with Gasteiger partial charge in [-0.3, -0.25) is 4.90 Å². The van der Waals surface area contributed by atoms with Crippen LogP contribution in [0.5, 0.6) is 0 Å². The van der Waals surface area contributed by atoms with Gasteiger partial charge in [0.25, 0.3) is 0 Å². The molecule has 6 rings (SSSR count). The summed E-state index contributed by atoms with van der Waals surface area (Å²) >= 11 is 0. The monoisotopic (exact) mass is 294 g/mol. The molecule has 3 heteroatoms. The minimum Gasteiger partial charge on any atom is -0.396 e. The normalized spacial score (nSPS) is 37.7. The highest BCUT2D eigenvalue weighted by Crippen LogP contribution is 2.53.